The molecule has 18 heavy (non-hydrogen) atoms. The fourth-order valence-electron chi connectivity index (χ4n) is 2.76. The molecule has 1 aliphatic rings. The highest BCUT2D eigenvalue weighted by atomic mass is 32.2. The number of sulfone groups is 1. The van der Waals surface area contributed by atoms with Crippen LogP contribution in [0.3, 0.4) is 0 Å². The van der Waals surface area contributed by atoms with Crippen LogP contribution in [0.5, 0.6) is 0 Å². The van der Waals surface area contributed by atoms with Crippen molar-refractivity contribution in [2.45, 2.75) is 51.5 Å². The fourth-order valence-corrected chi connectivity index (χ4v) is 4.10. The first-order valence-corrected chi connectivity index (χ1v) is 9.05. The molecule has 108 valence electrons. The van der Waals surface area contributed by atoms with Gasteiger partial charge in [-0.15, -0.1) is 0 Å². The lowest BCUT2D eigenvalue weighted by Gasteiger charge is -2.34. The van der Waals surface area contributed by atoms with Crippen molar-refractivity contribution in [1.82, 2.24) is 4.90 Å². The van der Waals surface area contributed by atoms with E-state index in [0.717, 1.165) is 6.54 Å². The summed E-state index contributed by atoms with van der Waals surface area (Å²) in [7, 11) is -2.87. The van der Waals surface area contributed by atoms with E-state index >= 15 is 0 Å². The normalized spacial score (nSPS) is 18.4. The molecular formula is C13H28N2O2S. The summed E-state index contributed by atoms with van der Waals surface area (Å²) in [5.41, 5.74) is 5.64. The third kappa shape index (κ3) is 5.67. The Bertz CT molecular complexity index is 311. The average Bonchev–Trinajstić information content (AvgIpc) is 2.35. The van der Waals surface area contributed by atoms with Gasteiger partial charge in [0, 0.05) is 31.4 Å². The van der Waals surface area contributed by atoms with Crippen molar-refractivity contribution in [3.63, 3.8) is 0 Å². The third-order valence-corrected chi connectivity index (χ3v) is 5.55. The van der Waals surface area contributed by atoms with E-state index in [9.17, 15) is 8.42 Å². The van der Waals surface area contributed by atoms with Gasteiger partial charge in [-0.1, -0.05) is 26.2 Å². The molecule has 0 saturated heterocycles. The zero-order valence-corrected chi connectivity index (χ0v) is 12.4. The van der Waals surface area contributed by atoms with Gasteiger partial charge < -0.3 is 5.73 Å². The van der Waals surface area contributed by atoms with E-state index in [0.29, 0.717) is 31.3 Å². The van der Waals surface area contributed by atoms with Gasteiger partial charge in [-0.2, -0.15) is 0 Å². The Morgan fingerprint density at radius 1 is 1.11 bits per heavy atom. The molecule has 0 spiro atoms. The molecule has 0 heterocycles. The molecule has 0 aliphatic heterocycles. The molecule has 0 atom stereocenters. The van der Waals surface area contributed by atoms with Crippen molar-refractivity contribution in [2.75, 3.05) is 31.1 Å². The molecule has 1 rings (SSSR count). The van der Waals surface area contributed by atoms with Crippen LogP contribution in [0, 0.1) is 0 Å². The third-order valence-electron chi connectivity index (χ3n) is 3.71. The second-order valence-corrected chi connectivity index (χ2v) is 7.57. The summed E-state index contributed by atoms with van der Waals surface area (Å²) in [6.07, 6.45) is 6.98. The molecule has 2 N–H and O–H groups in total. The first kappa shape index (κ1) is 15.9. The largest absolute Gasteiger partial charge is 0.329 e. The quantitative estimate of drug-likeness (QED) is 0.728. The number of rotatable bonds is 8. The lowest BCUT2D eigenvalue weighted by atomic mass is 9.94. The Kier molecular flexibility index (Phi) is 7.19. The molecule has 4 nitrogen and oxygen atoms in total. The minimum absolute atomic E-state index is 0.289. The Labute approximate surface area is 112 Å². The van der Waals surface area contributed by atoms with Gasteiger partial charge in [0.2, 0.25) is 0 Å². The van der Waals surface area contributed by atoms with Crippen molar-refractivity contribution in [3.8, 4) is 0 Å². The van der Waals surface area contributed by atoms with Gasteiger partial charge in [0.1, 0.15) is 0 Å². The first-order valence-electron chi connectivity index (χ1n) is 7.23. The van der Waals surface area contributed by atoms with E-state index in [4.69, 9.17) is 5.73 Å². The summed E-state index contributed by atoms with van der Waals surface area (Å²) >= 11 is 0. The number of nitrogens with zero attached hydrogens (tertiary/aromatic N) is 1. The smallest absolute Gasteiger partial charge is 0.151 e. The highest BCUT2D eigenvalue weighted by Crippen LogP contribution is 2.22. The minimum atomic E-state index is -2.87. The van der Waals surface area contributed by atoms with Crippen LogP contribution in [-0.4, -0.2) is 50.5 Å². The summed E-state index contributed by atoms with van der Waals surface area (Å²) in [6.45, 7) is 4.01. The van der Waals surface area contributed by atoms with Crippen LogP contribution in [0.2, 0.25) is 0 Å². The van der Waals surface area contributed by atoms with Gasteiger partial charge in [0.25, 0.3) is 0 Å². The highest BCUT2D eigenvalue weighted by Gasteiger charge is 2.22. The minimum Gasteiger partial charge on any atom is -0.329 e. The molecule has 0 unspecified atom stereocenters. The van der Waals surface area contributed by atoms with Crippen LogP contribution in [-0.2, 0) is 9.84 Å². The van der Waals surface area contributed by atoms with E-state index in [-0.39, 0.29) is 5.75 Å². The Hall–Kier alpha value is -0.130. The summed E-state index contributed by atoms with van der Waals surface area (Å²) < 4.78 is 23.5. The monoisotopic (exact) mass is 276 g/mol. The Balaban J connectivity index is 2.46. The zero-order chi connectivity index (χ0) is 13.4. The van der Waals surface area contributed by atoms with Gasteiger partial charge in [0.15, 0.2) is 9.84 Å². The van der Waals surface area contributed by atoms with Gasteiger partial charge in [-0.25, -0.2) is 8.42 Å². The van der Waals surface area contributed by atoms with Crippen molar-refractivity contribution >= 4 is 9.84 Å². The molecule has 0 radical (unpaired) electrons. The maximum atomic E-state index is 11.8. The summed E-state index contributed by atoms with van der Waals surface area (Å²) in [6, 6.07) is 0.555. The molecule has 0 aromatic heterocycles. The van der Waals surface area contributed by atoms with Crippen LogP contribution >= 0.6 is 0 Å². The van der Waals surface area contributed by atoms with Crippen LogP contribution in [0.25, 0.3) is 0 Å². The molecule has 0 amide bonds. The van der Waals surface area contributed by atoms with Gasteiger partial charge in [-0.3, -0.25) is 4.90 Å². The van der Waals surface area contributed by atoms with Crippen LogP contribution in [0.4, 0.5) is 0 Å². The van der Waals surface area contributed by atoms with Crippen molar-refractivity contribution in [2.24, 2.45) is 5.73 Å². The summed E-state index contributed by atoms with van der Waals surface area (Å²) in [4.78, 5) is 2.30. The molecule has 0 bridgehead atoms. The van der Waals surface area contributed by atoms with E-state index in [2.05, 4.69) is 4.90 Å². The standard InChI is InChI=1S/C13H28N2O2S/c1-2-11-18(16,17)12-10-15(9-8-14)13-6-4-3-5-7-13/h13H,2-12,14H2,1H3. The van der Waals surface area contributed by atoms with Crippen LogP contribution in [0.15, 0.2) is 0 Å². The molecular weight excluding hydrogens is 248 g/mol. The topological polar surface area (TPSA) is 63.4 Å². The predicted molar refractivity (Wildman–Crippen MR) is 76.4 cm³/mol. The SMILES string of the molecule is CCCS(=O)(=O)CCN(CCN)C1CCCCC1. The molecule has 1 fully saturated rings. The van der Waals surface area contributed by atoms with Gasteiger partial charge in [-0.05, 0) is 19.3 Å². The van der Waals surface area contributed by atoms with Crippen LogP contribution in [0.1, 0.15) is 45.4 Å². The van der Waals surface area contributed by atoms with Crippen molar-refractivity contribution in [1.29, 1.82) is 0 Å². The number of hydrogen-bond donors (Lipinski definition) is 1. The lowest BCUT2D eigenvalue weighted by Crippen LogP contribution is -2.42. The average molecular weight is 276 g/mol. The number of nitrogens with two attached hydrogens (primary N) is 1. The molecule has 5 heteroatoms. The lowest BCUT2D eigenvalue weighted by molar-refractivity contribution is 0.169. The fraction of sp³-hybridized carbons (Fsp3) is 1.00. The van der Waals surface area contributed by atoms with Gasteiger partial charge in [0.05, 0.1) is 5.75 Å². The van der Waals surface area contributed by atoms with Gasteiger partial charge >= 0.3 is 0 Å². The van der Waals surface area contributed by atoms with E-state index in [1.807, 2.05) is 6.92 Å². The van der Waals surface area contributed by atoms with Crippen LogP contribution < -0.4 is 5.73 Å². The Morgan fingerprint density at radius 2 is 1.78 bits per heavy atom. The summed E-state index contributed by atoms with van der Waals surface area (Å²) in [5, 5.41) is 0. The first-order chi connectivity index (χ1) is 8.59. The van der Waals surface area contributed by atoms with Crippen molar-refractivity contribution in [3.05, 3.63) is 0 Å². The molecule has 1 aliphatic carbocycles. The highest BCUT2D eigenvalue weighted by molar-refractivity contribution is 7.91. The number of hydrogen-bond acceptors (Lipinski definition) is 4. The zero-order valence-electron chi connectivity index (χ0n) is 11.6. The molecule has 1 saturated carbocycles. The van der Waals surface area contributed by atoms with E-state index in [1.165, 1.54) is 32.1 Å². The summed E-state index contributed by atoms with van der Waals surface area (Å²) in [5.74, 6) is 0.603. The van der Waals surface area contributed by atoms with Crippen molar-refractivity contribution < 1.29 is 8.42 Å². The molecule has 0 aromatic carbocycles. The maximum Gasteiger partial charge on any atom is 0.151 e. The predicted octanol–water partition coefficient (Wildman–Crippen LogP) is 1.40. The second kappa shape index (κ2) is 8.12. The maximum absolute atomic E-state index is 11.8. The second-order valence-electron chi connectivity index (χ2n) is 5.27. The Morgan fingerprint density at radius 3 is 2.33 bits per heavy atom. The molecule has 0 aromatic rings. The van der Waals surface area contributed by atoms with E-state index < -0.39 is 9.84 Å². The van der Waals surface area contributed by atoms with E-state index in [1.54, 1.807) is 0 Å².